The molecule has 3 saturated heterocycles. The molecule has 0 spiro atoms. The molecule has 9 aromatic rings. The molecule has 0 unspecified atom stereocenters. The molecule has 0 radical (unpaired) electrons. The van der Waals surface area contributed by atoms with E-state index in [2.05, 4.69) is 41.5 Å². The number of carbonyl (C=O) groups is 7. The van der Waals surface area contributed by atoms with Crippen LogP contribution in [0.25, 0.3) is 43.4 Å². The minimum atomic E-state index is -1.43. The third-order valence-corrected chi connectivity index (χ3v) is 22.4. The van der Waals surface area contributed by atoms with Gasteiger partial charge in [0.25, 0.3) is 23.6 Å². The Kier molecular flexibility index (Phi) is 20.4. The molecule has 7 amide bonds. The zero-order valence-corrected chi connectivity index (χ0v) is 56.9. The second kappa shape index (κ2) is 29.5. The van der Waals surface area contributed by atoms with Gasteiger partial charge in [-0.1, -0.05) is 49.4 Å². The fourth-order valence-corrected chi connectivity index (χ4v) is 17.0. The van der Waals surface area contributed by atoms with Gasteiger partial charge in [-0.05, 0) is 42.3 Å². The van der Waals surface area contributed by atoms with Crippen molar-refractivity contribution in [2.75, 3.05) is 72.1 Å². The highest BCUT2D eigenvalue weighted by atomic mass is 32.1. The molecule has 10 bridgehead atoms. The Labute approximate surface area is 578 Å². The van der Waals surface area contributed by atoms with Crippen molar-refractivity contribution < 1.29 is 53.2 Å². The van der Waals surface area contributed by atoms with Crippen LogP contribution in [0.1, 0.15) is 111 Å². The molecule has 502 valence electrons. The number of nitrogens with zero attached hydrogens (tertiary/aromatic N) is 10. The molecule has 3 fully saturated rings. The van der Waals surface area contributed by atoms with Gasteiger partial charge in [0.1, 0.15) is 93.8 Å². The summed E-state index contributed by atoms with van der Waals surface area (Å²) in [6, 6.07) is 14.1. The number of aliphatic hydroxyl groups is 2. The molecule has 2 aromatic carbocycles. The van der Waals surface area contributed by atoms with Crippen molar-refractivity contribution in [2.24, 2.45) is 11.7 Å². The number of aromatic nitrogens is 7. The monoisotopic (exact) mass is 1420 g/mol. The first-order valence-corrected chi connectivity index (χ1v) is 36.2. The van der Waals surface area contributed by atoms with Crippen molar-refractivity contribution in [1.82, 2.24) is 76.2 Å². The molecule has 97 heavy (non-hydrogen) atoms. The predicted octanol–water partition coefficient (Wildman–Crippen LogP) is 6.05. The lowest BCUT2D eigenvalue weighted by atomic mass is 10.00. The number of nitrogens with two attached hydrogens (primary N) is 1. The van der Waals surface area contributed by atoms with E-state index in [1.54, 1.807) is 89.3 Å². The quantitative estimate of drug-likeness (QED) is 0.0690. The zero-order chi connectivity index (χ0) is 67.4. The van der Waals surface area contributed by atoms with Crippen molar-refractivity contribution in [3.8, 4) is 49.1 Å². The average Bonchev–Trinajstić information content (AvgIpc) is 1.71. The van der Waals surface area contributed by atoms with Crippen LogP contribution in [0.15, 0.2) is 93.6 Å². The van der Waals surface area contributed by atoms with E-state index in [9.17, 15) is 39.0 Å². The number of nitrogens with one attached hydrogen (secondary N) is 5. The molecule has 11 heterocycles. The molecule has 4 aliphatic heterocycles. The fourth-order valence-electron chi connectivity index (χ4n) is 11.7. The van der Waals surface area contributed by atoms with Gasteiger partial charge in [0.05, 0.1) is 43.5 Å². The lowest BCUT2D eigenvalue weighted by molar-refractivity contribution is -0.134. The van der Waals surface area contributed by atoms with Crippen LogP contribution in [-0.2, 0) is 20.7 Å². The maximum Gasteiger partial charge on any atom is 0.412 e. The van der Waals surface area contributed by atoms with Crippen LogP contribution in [0.3, 0.4) is 0 Å². The van der Waals surface area contributed by atoms with Gasteiger partial charge in [0.2, 0.25) is 11.8 Å². The lowest BCUT2D eigenvalue weighted by Gasteiger charge is -2.29. The first-order chi connectivity index (χ1) is 47.0. The molecule has 9 N–H and O–H groups in total. The molecule has 7 atom stereocenters. The third kappa shape index (κ3) is 15.1. The second-order valence-corrected chi connectivity index (χ2v) is 28.9. The van der Waals surface area contributed by atoms with Crippen molar-refractivity contribution in [3.63, 3.8) is 0 Å². The summed E-state index contributed by atoms with van der Waals surface area (Å²) in [6.45, 7) is 9.56. The Bertz CT molecular complexity index is 4390. The number of aryl methyl sites for hydroxylation is 1. The van der Waals surface area contributed by atoms with E-state index < -0.39 is 84.3 Å². The second-order valence-electron chi connectivity index (χ2n) is 23.4. The van der Waals surface area contributed by atoms with Crippen molar-refractivity contribution in [3.05, 3.63) is 147 Å². The number of ether oxygens (including phenoxy) is 2. The highest BCUT2D eigenvalue weighted by molar-refractivity contribution is 7.15. The molecule has 13 rings (SSSR count). The minimum Gasteiger partial charge on any atom is -0.410 e. The molecule has 0 aliphatic carbocycles. The zero-order valence-electron chi connectivity index (χ0n) is 52.0. The number of carbonyl (C=O) groups excluding carboxylic acids is 7. The summed E-state index contributed by atoms with van der Waals surface area (Å²) in [4.78, 5) is 138. The average molecular weight is 1430 g/mol. The third-order valence-electron chi connectivity index (χ3n) is 16.8. The van der Waals surface area contributed by atoms with E-state index in [1.807, 2.05) is 17.7 Å². The maximum absolute atomic E-state index is 15.5. The van der Waals surface area contributed by atoms with Crippen molar-refractivity contribution in [1.29, 1.82) is 0 Å². The molecule has 7 aromatic heterocycles. The molecule has 0 saturated carbocycles. The van der Waals surface area contributed by atoms with Gasteiger partial charge in [-0.15, -0.1) is 68.0 Å². The van der Waals surface area contributed by atoms with Crippen molar-refractivity contribution >= 4 is 110 Å². The fraction of sp³-hybridized carbons (Fsp3) is 0.344. The van der Waals surface area contributed by atoms with E-state index in [4.69, 9.17) is 40.1 Å². The van der Waals surface area contributed by atoms with Gasteiger partial charge in [-0.2, -0.15) is 0 Å². The smallest absolute Gasteiger partial charge is 0.410 e. The summed E-state index contributed by atoms with van der Waals surface area (Å²) in [7, 11) is 0. The normalized spacial score (nSPS) is 20.7. The standard InChI is InChI=1S/C64H64N16O11S6/c1-32-46(81)26-80-51(32)61-74-44(30-96-61)58-71-41(27-93-58)49-37(12-13-38(68-49)57-75-45(31-94-57)62(87)79-18-14-66-15-19-79)56-72-42(28-92-56)53(84)69-39(25-47(65)82)59-77-48(33(2)97-59)55(86)76-50(52(83)35-6-4-3-5-7-35)60-73-43(29-95-60)54(85)70-40(63(80)88)24-34-8-10-36(11-9-34)91-64(89)67-16-17-78-20-22-90-23-21-78/h3-13,27-32,39-40,46,50-52,66,81,83H,14-26H2,1-2H3,(H2,65,82)(H,67,89)(H,69,84)(H,70,85)(H,76,86)/t32-,39-,40-,46-,50-,51-,52+/m0/s1. The predicted molar refractivity (Wildman–Crippen MR) is 364 cm³/mol. The van der Waals surface area contributed by atoms with E-state index in [1.165, 1.54) is 44.3 Å². The van der Waals surface area contributed by atoms with Crippen LogP contribution >= 0.6 is 68.0 Å². The summed E-state index contributed by atoms with van der Waals surface area (Å²) in [5, 5.41) is 49.0. The first kappa shape index (κ1) is 66.9. The number of hydrogen-bond donors (Lipinski definition) is 8. The van der Waals surface area contributed by atoms with E-state index in [0.29, 0.717) is 117 Å². The number of pyridine rings is 1. The Hall–Kier alpha value is -8.74. The Balaban J connectivity index is 0.865. The van der Waals surface area contributed by atoms with E-state index in [0.717, 1.165) is 47.1 Å². The van der Waals surface area contributed by atoms with Gasteiger partial charge < -0.3 is 61.8 Å². The van der Waals surface area contributed by atoms with E-state index in [-0.39, 0.29) is 57.4 Å². The lowest BCUT2D eigenvalue weighted by Crippen LogP contribution is -2.50. The summed E-state index contributed by atoms with van der Waals surface area (Å²) in [5.74, 6) is -4.00. The molecular formula is C64H64N16O11S6. The van der Waals surface area contributed by atoms with Crippen LogP contribution in [0.2, 0.25) is 0 Å². The SMILES string of the molecule is Cc1sc2nc1C(=O)N[C@@H]([C@H](O)c1ccccc1)c1nc(cs1)C(=O)N[C@@H](Cc1ccc(OC(=O)NCCN3CCOCC3)cc1)C(=O)N1C[C@H](O)[C@H](C)[C@H]1c1nc(cs1)-c1nc(cs1)-c1nc(-c3nc(C(=O)N4CCNCC4)cs3)ccc1-c1nc(cs1)C(=O)N[C@H]2CC(N)=O. The number of fused-ring (bicyclic) bond motifs is 16. The highest BCUT2D eigenvalue weighted by Crippen LogP contribution is 2.43. The summed E-state index contributed by atoms with van der Waals surface area (Å²) in [5.41, 5.74) is 9.02. The summed E-state index contributed by atoms with van der Waals surface area (Å²) >= 11 is 7.02. The molecule has 4 aliphatic rings. The number of amides is 7. The number of rotatable bonds is 12. The largest absolute Gasteiger partial charge is 0.412 e. The van der Waals surface area contributed by atoms with Gasteiger partial charge in [-0.25, -0.2) is 39.7 Å². The number of benzene rings is 2. The Morgan fingerprint density at radius 2 is 1.37 bits per heavy atom. The molecule has 27 nitrogen and oxygen atoms in total. The number of morpholine rings is 1. The number of primary amides is 1. The first-order valence-electron chi connectivity index (χ1n) is 31.0. The minimum absolute atomic E-state index is 0.0124. The van der Waals surface area contributed by atoms with Crippen LogP contribution in [0, 0.1) is 12.8 Å². The Morgan fingerprint density at radius 1 is 0.701 bits per heavy atom. The van der Waals surface area contributed by atoms with E-state index >= 15 is 4.79 Å². The highest BCUT2D eigenvalue weighted by Gasteiger charge is 2.46. The summed E-state index contributed by atoms with van der Waals surface area (Å²) in [6.07, 6.45) is -3.55. The topological polar surface area (TPSA) is 365 Å². The number of thiazole rings is 6. The van der Waals surface area contributed by atoms with Gasteiger partial charge in [0.15, 0.2) is 0 Å². The van der Waals surface area contributed by atoms with Gasteiger partial charge in [-0.3, -0.25) is 33.7 Å². The number of piperazine rings is 1. The number of aliphatic hydroxyl groups excluding tert-OH is 2. The van der Waals surface area contributed by atoms with Crippen LogP contribution < -0.4 is 37.1 Å². The Morgan fingerprint density at radius 3 is 2.14 bits per heavy atom. The van der Waals surface area contributed by atoms with Gasteiger partial charge in [0, 0.05) is 109 Å². The van der Waals surface area contributed by atoms with Crippen molar-refractivity contribution in [2.45, 2.75) is 63.1 Å². The van der Waals surface area contributed by atoms with Gasteiger partial charge >= 0.3 is 6.09 Å². The number of hydrogen-bond acceptors (Lipinski definition) is 26. The molecular weight excluding hydrogens is 1360 g/mol. The van der Waals surface area contributed by atoms with Crippen LogP contribution in [0.5, 0.6) is 5.75 Å². The summed E-state index contributed by atoms with van der Waals surface area (Å²) < 4.78 is 11.0. The maximum atomic E-state index is 15.5. The van der Waals surface area contributed by atoms with Crippen LogP contribution in [0.4, 0.5) is 4.79 Å². The molecule has 33 heteroatoms. The van der Waals surface area contributed by atoms with Crippen LogP contribution in [-0.4, -0.2) is 186 Å².